The van der Waals surface area contributed by atoms with E-state index in [9.17, 15) is 0 Å². The quantitative estimate of drug-likeness (QED) is 0.847. The van der Waals surface area contributed by atoms with E-state index < -0.39 is 0 Å². The molecule has 0 bridgehead atoms. The van der Waals surface area contributed by atoms with Gasteiger partial charge in [0.05, 0.1) is 0 Å². The highest BCUT2D eigenvalue weighted by Gasteiger charge is 2.18. The molecule has 0 fully saturated rings. The van der Waals surface area contributed by atoms with E-state index >= 15 is 0 Å². The Bertz CT molecular complexity index is 325. The largest absolute Gasteiger partial charge is 0.383 e. The molecular formula is C11H15BrN2. The van der Waals surface area contributed by atoms with Crippen molar-refractivity contribution in [2.24, 2.45) is 0 Å². The number of nitrogens with one attached hydrogen (secondary N) is 2. The molecule has 1 aromatic rings. The molecule has 0 aromatic heterocycles. The SMILES string of the molecule is CCNC1CNc2cccc(Br)c2C1. The summed E-state index contributed by atoms with van der Waals surface area (Å²) >= 11 is 3.59. The van der Waals surface area contributed by atoms with Gasteiger partial charge in [-0.3, -0.25) is 0 Å². The van der Waals surface area contributed by atoms with Crippen molar-refractivity contribution in [2.75, 3.05) is 18.4 Å². The van der Waals surface area contributed by atoms with Crippen LogP contribution in [0, 0.1) is 0 Å². The normalized spacial score (nSPS) is 20.0. The van der Waals surface area contributed by atoms with Crippen LogP contribution in [0.1, 0.15) is 12.5 Å². The van der Waals surface area contributed by atoms with Crippen molar-refractivity contribution in [1.29, 1.82) is 0 Å². The Kier molecular flexibility index (Phi) is 3.08. The molecule has 0 spiro atoms. The predicted molar refractivity (Wildman–Crippen MR) is 63.8 cm³/mol. The number of rotatable bonds is 2. The zero-order valence-electron chi connectivity index (χ0n) is 8.31. The highest BCUT2D eigenvalue weighted by atomic mass is 79.9. The molecule has 2 N–H and O–H groups in total. The van der Waals surface area contributed by atoms with E-state index in [4.69, 9.17) is 0 Å². The summed E-state index contributed by atoms with van der Waals surface area (Å²) in [7, 11) is 0. The summed E-state index contributed by atoms with van der Waals surface area (Å²) in [6.07, 6.45) is 1.11. The number of halogens is 1. The third kappa shape index (κ3) is 1.93. The molecule has 0 aliphatic carbocycles. The molecule has 0 amide bonds. The molecule has 0 saturated heterocycles. The minimum absolute atomic E-state index is 0.561. The number of hydrogen-bond donors (Lipinski definition) is 2. The average molecular weight is 255 g/mol. The molecule has 1 aromatic carbocycles. The Morgan fingerprint density at radius 1 is 1.57 bits per heavy atom. The van der Waals surface area contributed by atoms with E-state index in [1.54, 1.807) is 0 Å². The van der Waals surface area contributed by atoms with E-state index in [1.165, 1.54) is 15.7 Å². The summed E-state index contributed by atoms with van der Waals surface area (Å²) in [6.45, 7) is 4.21. The Morgan fingerprint density at radius 3 is 3.21 bits per heavy atom. The van der Waals surface area contributed by atoms with Crippen molar-refractivity contribution >= 4 is 21.6 Å². The van der Waals surface area contributed by atoms with Crippen molar-refractivity contribution in [1.82, 2.24) is 5.32 Å². The Hall–Kier alpha value is -0.540. The second-order valence-corrected chi connectivity index (χ2v) is 4.46. The smallest absolute Gasteiger partial charge is 0.0385 e. The Morgan fingerprint density at radius 2 is 2.43 bits per heavy atom. The lowest BCUT2D eigenvalue weighted by atomic mass is 10.00. The molecule has 0 saturated carbocycles. The van der Waals surface area contributed by atoms with Crippen LogP contribution in [0.5, 0.6) is 0 Å². The first-order valence-electron chi connectivity index (χ1n) is 5.06. The molecule has 1 aliphatic heterocycles. The van der Waals surface area contributed by atoms with E-state index in [0.717, 1.165) is 19.5 Å². The lowest BCUT2D eigenvalue weighted by molar-refractivity contribution is 0.533. The monoisotopic (exact) mass is 254 g/mol. The first kappa shape index (κ1) is 9.99. The van der Waals surface area contributed by atoms with Crippen LogP contribution >= 0.6 is 15.9 Å². The van der Waals surface area contributed by atoms with Gasteiger partial charge < -0.3 is 10.6 Å². The van der Waals surface area contributed by atoms with Crippen LogP contribution in [0.3, 0.4) is 0 Å². The van der Waals surface area contributed by atoms with Crippen LogP contribution in [-0.4, -0.2) is 19.1 Å². The van der Waals surface area contributed by atoms with Gasteiger partial charge in [-0.15, -0.1) is 0 Å². The molecular weight excluding hydrogens is 240 g/mol. The third-order valence-corrected chi connectivity index (χ3v) is 3.34. The van der Waals surface area contributed by atoms with E-state index in [-0.39, 0.29) is 0 Å². The van der Waals surface area contributed by atoms with Gasteiger partial charge in [-0.1, -0.05) is 28.9 Å². The maximum atomic E-state index is 3.59. The minimum atomic E-state index is 0.561. The van der Waals surface area contributed by atoms with Crippen LogP contribution in [-0.2, 0) is 6.42 Å². The maximum Gasteiger partial charge on any atom is 0.0385 e. The molecule has 1 unspecified atom stereocenters. The number of hydrogen-bond acceptors (Lipinski definition) is 2. The first-order valence-corrected chi connectivity index (χ1v) is 5.85. The third-order valence-electron chi connectivity index (χ3n) is 2.60. The Labute approximate surface area is 93.2 Å². The van der Waals surface area contributed by atoms with E-state index in [2.05, 4.69) is 51.7 Å². The van der Waals surface area contributed by atoms with Gasteiger partial charge in [0.15, 0.2) is 0 Å². The van der Waals surface area contributed by atoms with Crippen molar-refractivity contribution < 1.29 is 0 Å². The van der Waals surface area contributed by atoms with Gasteiger partial charge in [-0.2, -0.15) is 0 Å². The lowest BCUT2D eigenvalue weighted by Gasteiger charge is -2.27. The van der Waals surface area contributed by atoms with Gasteiger partial charge in [-0.05, 0) is 30.7 Å². The molecule has 76 valence electrons. The first-order chi connectivity index (χ1) is 6.81. The van der Waals surface area contributed by atoms with Gasteiger partial charge in [0.1, 0.15) is 0 Å². The van der Waals surface area contributed by atoms with E-state index in [1.807, 2.05) is 0 Å². The zero-order valence-corrected chi connectivity index (χ0v) is 9.89. The van der Waals surface area contributed by atoms with Gasteiger partial charge in [-0.25, -0.2) is 0 Å². The van der Waals surface area contributed by atoms with Crippen molar-refractivity contribution in [3.63, 3.8) is 0 Å². The zero-order chi connectivity index (χ0) is 9.97. The van der Waals surface area contributed by atoms with E-state index in [0.29, 0.717) is 6.04 Å². The lowest BCUT2D eigenvalue weighted by Crippen LogP contribution is -2.40. The Balaban J connectivity index is 2.20. The second-order valence-electron chi connectivity index (χ2n) is 3.61. The highest BCUT2D eigenvalue weighted by Crippen LogP contribution is 2.28. The molecule has 1 heterocycles. The number of fused-ring (bicyclic) bond motifs is 1. The molecule has 2 rings (SSSR count). The molecule has 3 heteroatoms. The molecule has 2 nitrogen and oxygen atoms in total. The van der Waals surface area contributed by atoms with Crippen molar-refractivity contribution in [3.05, 3.63) is 28.2 Å². The van der Waals surface area contributed by atoms with Crippen LogP contribution in [0.4, 0.5) is 5.69 Å². The summed E-state index contributed by atoms with van der Waals surface area (Å²) in [5.74, 6) is 0. The summed E-state index contributed by atoms with van der Waals surface area (Å²) < 4.78 is 1.21. The van der Waals surface area contributed by atoms with Gasteiger partial charge in [0.25, 0.3) is 0 Å². The van der Waals surface area contributed by atoms with Crippen molar-refractivity contribution in [3.8, 4) is 0 Å². The van der Waals surface area contributed by atoms with Gasteiger partial charge in [0.2, 0.25) is 0 Å². The second kappa shape index (κ2) is 4.32. The molecule has 1 atom stereocenters. The highest BCUT2D eigenvalue weighted by molar-refractivity contribution is 9.10. The maximum absolute atomic E-state index is 3.59. The van der Waals surface area contributed by atoms with Crippen molar-refractivity contribution in [2.45, 2.75) is 19.4 Å². The summed E-state index contributed by atoms with van der Waals surface area (Å²) in [6, 6.07) is 6.88. The average Bonchev–Trinajstić information content (AvgIpc) is 2.20. The number of anilines is 1. The molecule has 14 heavy (non-hydrogen) atoms. The van der Waals surface area contributed by atoms with Crippen LogP contribution in [0.2, 0.25) is 0 Å². The number of benzene rings is 1. The summed E-state index contributed by atoms with van der Waals surface area (Å²) in [4.78, 5) is 0. The van der Waals surface area contributed by atoms with Crippen LogP contribution in [0.15, 0.2) is 22.7 Å². The van der Waals surface area contributed by atoms with Crippen LogP contribution in [0.25, 0.3) is 0 Å². The van der Waals surface area contributed by atoms with Gasteiger partial charge in [0, 0.05) is 22.7 Å². The summed E-state index contributed by atoms with van der Waals surface area (Å²) in [5, 5.41) is 6.92. The predicted octanol–water partition coefficient (Wildman–Crippen LogP) is 2.40. The molecule has 1 aliphatic rings. The summed E-state index contributed by atoms with van der Waals surface area (Å²) in [5.41, 5.74) is 2.67. The van der Waals surface area contributed by atoms with Crippen LogP contribution < -0.4 is 10.6 Å². The number of likely N-dealkylation sites (N-methyl/N-ethyl adjacent to an activating group) is 1. The molecule has 0 radical (unpaired) electrons. The topological polar surface area (TPSA) is 24.1 Å². The minimum Gasteiger partial charge on any atom is -0.383 e. The standard InChI is InChI=1S/C11H15BrN2/c1-2-13-8-6-9-10(12)4-3-5-11(9)14-7-8/h3-5,8,13-14H,2,6-7H2,1H3. The fourth-order valence-electron chi connectivity index (χ4n) is 1.92. The fourth-order valence-corrected chi connectivity index (χ4v) is 2.44. The fraction of sp³-hybridized carbons (Fsp3) is 0.455. The van der Waals surface area contributed by atoms with Gasteiger partial charge >= 0.3 is 0 Å².